The highest BCUT2D eigenvalue weighted by atomic mass is 19.1. The summed E-state index contributed by atoms with van der Waals surface area (Å²) >= 11 is 0. The van der Waals surface area contributed by atoms with Crippen LogP contribution >= 0.6 is 0 Å². The Hall–Kier alpha value is -4.32. The van der Waals surface area contributed by atoms with E-state index in [-0.39, 0.29) is 30.6 Å². The summed E-state index contributed by atoms with van der Waals surface area (Å²) in [4.78, 5) is 32.1. The fraction of sp³-hybridized carbons (Fsp3) is 0.167. The minimum absolute atomic E-state index is 0.0987. The van der Waals surface area contributed by atoms with Gasteiger partial charge in [0.1, 0.15) is 5.82 Å². The second-order valence-electron chi connectivity index (χ2n) is 8.60. The van der Waals surface area contributed by atoms with Gasteiger partial charge in [0.25, 0.3) is 5.91 Å². The largest absolute Gasteiger partial charge is 0.355 e. The normalized spacial score (nSPS) is 10.6. The highest BCUT2D eigenvalue weighted by Gasteiger charge is 2.20. The lowest BCUT2D eigenvalue weighted by atomic mass is 10.1. The van der Waals surface area contributed by atoms with E-state index < -0.39 is 0 Å². The van der Waals surface area contributed by atoms with E-state index in [4.69, 9.17) is 0 Å². The van der Waals surface area contributed by atoms with Crippen LogP contribution in [-0.2, 0) is 24.2 Å². The van der Waals surface area contributed by atoms with Gasteiger partial charge in [0.15, 0.2) is 0 Å². The van der Waals surface area contributed by atoms with E-state index in [1.54, 1.807) is 29.3 Å². The van der Waals surface area contributed by atoms with E-state index in [9.17, 15) is 14.0 Å². The van der Waals surface area contributed by atoms with E-state index >= 15 is 0 Å². The highest BCUT2D eigenvalue weighted by Crippen LogP contribution is 2.23. The SMILES string of the molecule is Cc1ccccc1C(=O)N(Cc1ccc(F)cc1)c1cccc(CC(=O)NCCc2ccccn2)c1. The molecule has 0 aliphatic carbocycles. The first-order chi connectivity index (χ1) is 17.5. The second kappa shape index (κ2) is 11.9. The molecule has 3 aromatic carbocycles. The Bertz CT molecular complexity index is 1320. The number of rotatable bonds is 9. The van der Waals surface area contributed by atoms with Crippen molar-refractivity contribution in [1.82, 2.24) is 10.3 Å². The van der Waals surface area contributed by atoms with Crippen LogP contribution in [0.5, 0.6) is 0 Å². The van der Waals surface area contributed by atoms with E-state index in [1.165, 1.54) is 12.1 Å². The molecule has 0 aliphatic heterocycles. The van der Waals surface area contributed by atoms with Gasteiger partial charge in [0.2, 0.25) is 5.91 Å². The maximum atomic E-state index is 13.6. The maximum Gasteiger partial charge on any atom is 0.258 e. The Kier molecular flexibility index (Phi) is 8.19. The molecule has 0 spiro atoms. The van der Waals surface area contributed by atoms with Crippen molar-refractivity contribution in [2.24, 2.45) is 0 Å². The molecule has 2 amide bonds. The lowest BCUT2D eigenvalue weighted by molar-refractivity contribution is -0.120. The molecule has 0 radical (unpaired) electrons. The average molecular weight is 482 g/mol. The molecule has 1 aromatic heterocycles. The summed E-state index contributed by atoms with van der Waals surface area (Å²) in [6, 6.07) is 26.7. The predicted molar refractivity (Wildman–Crippen MR) is 139 cm³/mol. The lowest BCUT2D eigenvalue weighted by Crippen LogP contribution is -2.31. The number of nitrogens with one attached hydrogen (secondary N) is 1. The fourth-order valence-electron chi connectivity index (χ4n) is 3.97. The van der Waals surface area contributed by atoms with Crippen LogP contribution < -0.4 is 10.2 Å². The molecule has 0 saturated heterocycles. The Morgan fingerprint density at radius 2 is 1.67 bits per heavy atom. The number of halogens is 1. The number of hydrogen-bond acceptors (Lipinski definition) is 3. The summed E-state index contributed by atoms with van der Waals surface area (Å²) in [5, 5.41) is 2.93. The molecule has 6 heteroatoms. The van der Waals surface area contributed by atoms with Gasteiger partial charge in [0.05, 0.1) is 13.0 Å². The van der Waals surface area contributed by atoms with Gasteiger partial charge in [-0.2, -0.15) is 0 Å². The Morgan fingerprint density at radius 1 is 0.889 bits per heavy atom. The molecule has 0 atom stereocenters. The Balaban J connectivity index is 1.51. The summed E-state index contributed by atoms with van der Waals surface area (Å²) in [6.07, 6.45) is 2.58. The van der Waals surface area contributed by atoms with Gasteiger partial charge in [-0.3, -0.25) is 14.6 Å². The zero-order chi connectivity index (χ0) is 25.3. The summed E-state index contributed by atoms with van der Waals surface area (Å²) in [5.74, 6) is -0.584. The molecule has 4 aromatic rings. The molecule has 0 fully saturated rings. The number of hydrogen-bond donors (Lipinski definition) is 1. The smallest absolute Gasteiger partial charge is 0.258 e. The first-order valence-electron chi connectivity index (χ1n) is 11.9. The van der Waals surface area contributed by atoms with Crippen LogP contribution in [0.1, 0.15) is 32.7 Å². The number of carbonyl (C=O) groups is 2. The Morgan fingerprint density at radius 3 is 2.42 bits per heavy atom. The van der Waals surface area contributed by atoms with E-state index in [2.05, 4.69) is 10.3 Å². The van der Waals surface area contributed by atoms with Crippen LogP contribution in [0.15, 0.2) is 97.2 Å². The fourth-order valence-corrected chi connectivity index (χ4v) is 3.97. The summed E-state index contributed by atoms with van der Waals surface area (Å²) in [6.45, 7) is 2.67. The van der Waals surface area contributed by atoms with Gasteiger partial charge in [-0.05, 0) is 66.1 Å². The minimum Gasteiger partial charge on any atom is -0.355 e. The van der Waals surface area contributed by atoms with Gasteiger partial charge in [-0.25, -0.2) is 4.39 Å². The van der Waals surface area contributed by atoms with Crippen LogP contribution in [-0.4, -0.2) is 23.3 Å². The van der Waals surface area contributed by atoms with Crippen molar-refractivity contribution in [1.29, 1.82) is 0 Å². The molecule has 0 unspecified atom stereocenters. The molecular weight excluding hydrogens is 453 g/mol. The number of aromatic nitrogens is 1. The zero-order valence-corrected chi connectivity index (χ0v) is 20.2. The number of benzene rings is 3. The van der Waals surface area contributed by atoms with Crippen LogP contribution in [0, 0.1) is 12.7 Å². The number of carbonyl (C=O) groups excluding carboxylic acids is 2. The minimum atomic E-state index is -0.327. The first-order valence-corrected chi connectivity index (χ1v) is 11.9. The molecule has 4 rings (SSSR count). The van der Waals surface area contributed by atoms with Crippen LogP contribution in [0.25, 0.3) is 0 Å². The topological polar surface area (TPSA) is 62.3 Å². The molecule has 36 heavy (non-hydrogen) atoms. The van der Waals surface area contributed by atoms with Crippen molar-refractivity contribution in [3.8, 4) is 0 Å². The zero-order valence-electron chi connectivity index (χ0n) is 20.2. The monoisotopic (exact) mass is 481 g/mol. The molecule has 0 aliphatic rings. The standard InChI is InChI=1S/C30H28FN3O2/c1-22-7-2-3-11-28(22)30(36)34(21-23-12-14-25(31)15-13-23)27-10-6-8-24(19-27)20-29(35)33-18-16-26-9-4-5-17-32-26/h2-15,17,19H,16,18,20-21H2,1H3,(H,33,35). The van der Waals surface area contributed by atoms with E-state index in [1.807, 2.05) is 67.6 Å². The number of aryl methyl sites for hydroxylation is 1. The van der Waals surface area contributed by atoms with Crippen molar-refractivity contribution in [3.05, 3.63) is 131 Å². The third-order valence-corrected chi connectivity index (χ3v) is 5.89. The summed E-state index contributed by atoms with van der Waals surface area (Å²) in [7, 11) is 0. The van der Waals surface area contributed by atoms with Crippen molar-refractivity contribution in [3.63, 3.8) is 0 Å². The third-order valence-electron chi connectivity index (χ3n) is 5.89. The number of nitrogens with zero attached hydrogens (tertiary/aromatic N) is 2. The van der Waals surface area contributed by atoms with Crippen molar-refractivity contribution < 1.29 is 14.0 Å². The van der Waals surface area contributed by atoms with Gasteiger partial charge in [-0.15, -0.1) is 0 Å². The number of anilines is 1. The molecule has 182 valence electrons. The van der Waals surface area contributed by atoms with Crippen LogP contribution in [0.2, 0.25) is 0 Å². The van der Waals surface area contributed by atoms with Crippen LogP contribution in [0.3, 0.4) is 0 Å². The second-order valence-corrected chi connectivity index (χ2v) is 8.60. The maximum absolute atomic E-state index is 13.6. The van der Waals surface area contributed by atoms with Gasteiger partial charge in [0, 0.05) is 36.1 Å². The summed E-state index contributed by atoms with van der Waals surface area (Å²) in [5.41, 5.74) is 4.66. The third kappa shape index (κ3) is 6.63. The van der Waals surface area contributed by atoms with Gasteiger partial charge in [-0.1, -0.05) is 48.5 Å². The molecule has 0 bridgehead atoms. The quantitative estimate of drug-likeness (QED) is 0.354. The van der Waals surface area contributed by atoms with Crippen molar-refractivity contribution in [2.45, 2.75) is 26.3 Å². The van der Waals surface area contributed by atoms with Gasteiger partial charge >= 0.3 is 0 Å². The van der Waals surface area contributed by atoms with Crippen LogP contribution in [0.4, 0.5) is 10.1 Å². The molecule has 1 heterocycles. The molecule has 1 N–H and O–H groups in total. The van der Waals surface area contributed by atoms with E-state index in [0.29, 0.717) is 24.2 Å². The molecular formula is C30H28FN3O2. The van der Waals surface area contributed by atoms with E-state index in [0.717, 1.165) is 22.4 Å². The number of amides is 2. The number of pyridine rings is 1. The van der Waals surface area contributed by atoms with Gasteiger partial charge < -0.3 is 10.2 Å². The first kappa shape index (κ1) is 24.8. The summed E-state index contributed by atoms with van der Waals surface area (Å²) < 4.78 is 13.5. The lowest BCUT2D eigenvalue weighted by Gasteiger charge is -2.24. The molecule has 5 nitrogen and oxygen atoms in total. The average Bonchev–Trinajstić information content (AvgIpc) is 2.89. The highest BCUT2D eigenvalue weighted by molar-refractivity contribution is 6.07. The molecule has 0 saturated carbocycles. The van der Waals surface area contributed by atoms with Crippen molar-refractivity contribution >= 4 is 17.5 Å². The van der Waals surface area contributed by atoms with Crippen molar-refractivity contribution in [2.75, 3.05) is 11.4 Å². The Labute approximate surface area is 210 Å². The predicted octanol–water partition coefficient (Wildman–Crippen LogP) is 5.28.